The Kier molecular flexibility index (Phi) is 3.39. The zero-order valence-corrected chi connectivity index (χ0v) is 14.6. The molecule has 3 aromatic heterocycles. The van der Waals surface area contributed by atoms with Crippen LogP contribution in [-0.2, 0) is 14.1 Å². The molecule has 0 aliphatic carbocycles. The number of benzene rings is 1. The highest BCUT2D eigenvalue weighted by Gasteiger charge is 2.19. The molecular weight excluding hydrogens is 340 g/mol. The maximum absolute atomic E-state index is 12.5. The molecule has 0 saturated heterocycles. The SMILES string of the molecule is COc1ccc(-c2cn3c(nc4c3c(=O)n(C)c(=O)n4C)o2)cc1OC. The van der Waals surface area contributed by atoms with Crippen molar-refractivity contribution in [1.82, 2.24) is 18.5 Å². The Labute approximate surface area is 146 Å². The van der Waals surface area contributed by atoms with E-state index in [1.54, 1.807) is 44.0 Å². The third-order valence-electron chi connectivity index (χ3n) is 4.37. The fourth-order valence-electron chi connectivity index (χ4n) is 2.95. The van der Waals surface area contributed by atoms with Crippen molar-refractivity contribution in [3.05, 3.63) is 45.2 Å². The summed E-state index contributed by atoms with van der Waals surface area (Å²) >= 11 is 0. The van der Waals surface area contributed by atoms with Gasteiger partial charge in [0.05, 0.1) is 20.4 Å². The summed E-state index contributed by atoms with van der Waals surface area (Å²) in [6.07, 6.45) is 1.66. The summed E-state index contributed by atoms with van der Waals surface area (Å²) in [7, 11) is 6.10. The molecule has 134 valence electrons. The number of methoxy groups -OCH3 is 2. The lowest BCUT2D eigenvalue weighted by molar-refractivity contribution is 0.355. The summed E-state index contributed by atoms with van der Waals surface area (Å²) in [4.78, 5) is 28.8. The monoisotopic (exact) mass is 356 g/mol. The first-order valence-electron chi connectivity index (χ1n) is 7.76. The first kappa shape index (κ1) is 16.0. The van der Waals surface area contributed by atoms with Crippen LogP contribution in [0.3, 0.4) is 0 Å². The van der Waals surface area contributed by atoms with Gasteiger partial charge in [0.15, 0.2) is 28.4 Å². The largest absolute Gasteiger partial charge is 0.493 e. The summed E-state index contributed by atoms with van der Waals surface area (Å²) < 4.78 is 20.2. The summed E-state index contributed by atoms with van der Waals surface area (Å²) in [6.45, 7) is 0. The van der Waals surface area contributed by atoms with Gasteiger partial charge < -0.3 is 13.9 Å². The lowest BCUT2D eigenvalue weighted by Crippen LogP contribution is -2.37. The summed E-state index contributed by atoms with van der Waals surface area (Å²) in [5.74, 6) is 1.89. The number of fused-ring (bicyclic) bond motifs is 3. The summed E-state index contributed by atoms with van der Waals surface area (Å²) in [5.41, 5.74) is 0.414. The minimum Gasteiger partial charge on any atom is -0.493 e. The van der Waals surface area contributed by atoms with Gasteiger partial charge in [-0.05, 0) is 18.2 Å². The van der Waals surface area contributed by atoms with Crippen LogP contribution in [0.25, 0.3) is 28.3 Å². The molecule has 0 atom stereocenters. The molecule has 4 rings (SSSR count). The zero-order valence-electron chi connectivity index (χ0n) is 14.6. The van der Waals surface area contributed by atoms with Crippen molar-refractivity contribution in [2.24, 2.45) is 14.1 Å². The van der Waals surface area contributed by atoms with E-state index in [-0.39, 0.29) is 17.0 Å². The van der Waals surface area contributed by atoms with Gasteiger partial charge in [-0.3, -0.25) is 18.3 Å². The summed E-state index contributed by atoms with van der Waals surface area (Å²) in [6, 6.07) is 5.35. The van der Waals surface area contributed by atoms with Crippen molar-refractivity contribution in [3.63, 3.8) is 0 Å². The number of imidazole rings is 1. The van der Waals surface area contributed by atoms with Crippen molar-refractivity contribution < 1.29 is 13.9 Å². The highest BCUT2D eigenvalue weighted by molar-refractivity contribution is 5.76. The number of nitrogens with zero attached hydrogens (tertiary/aromatic N) is 4. The molecule has 0 aliphatic heterocycles. The molecule has 4 aromatic rings. The number of hydrogen-bond acceptors (Lipinski definition) is 6. The molecule has 0 aliphatic rings. The molecule has 0 fully saturated rings. The van der Waals surface area contributed by atoms with Gasteiger partial charge in [-0.15, -0.1) is 0 Å². The predicted molar refractivity (Wildman–Crippen MR) is 94.0 cm³/mol. The van der Waals surface area contributed by atoms with Gasteiger partial charge in [0.2, 0.25) is 0 Å². The molecule has 3 heterocycles. The quantitative estimate of drug-likeness (QED) is 0.547. The first-order chi connectivity index (χ1) is 12.5. The van der Waals surface area contributed by atoms with Crippen LogP contribution >= 0.6 is 0 Å². The molecule has 9 heteroatoms. The Bertz CT molecular complexity index is 1270. The Morgan fingerprint density at radius 2 is 1.77 bits per heavy atom. The van der Waals surface area contributed by atoms with Gasteiger partial charge >= 0.3 is 11.5 Å². The first-order valence-corrected chi connectivity index (χ1v) is 7.76. The molecule has 0 amide bonds. The van der Waals surface area contributed by atoms with Crippen molar-refractivity contribution >= 4 is 17.0 Å². The number of aryl methyl sites for hydroxylation is 1. The van der Waals surface area contributed by atoms with E-state index in [1.807, 2.05) is 6.07 Å². The van der Waals surface area contributed by atoms with E-state index >= 15 is 0 Å². The van der Waals surface area contributed by atoms with Crippen LogP contribution in [0.1, 0.15) is 0 Å². The van der Waals surface area contributed by atoms with E-state index in [0.29, 0.717) is 17.3 Å². The smallest absolute Gasteiger partial charge is 0.332 e. The fourth-order valence-corrected chi connectivity index (χ4v) is 2.95. The molecule has 0 spiro atoms. The average molecular weight is 356 g/mol. The third kappa shape index (κ3) is 2.06. The Morgan fingerprint density at radius 3 is 2.46 bits per heavy atom. The topological polar surface area (TPSA) is 92.9 Å². The molecule has 0 N–H and O–H groups in total. The Hall–Kier alpha value is -3.49. The van der Waals surface area contributed by atoms with Crippen LogP contribution in [0, 0.1) is 0 Å². The standard InChI is InChI=1S/C17H16N4O5/c1-19-14-13(15(22)20(2)17(19)23)21-8-12(26-16(21)18-14)9-5-6-10(24-3)11(7-9)25-4/h5-8H,1-4H3. The van der Waals surface area contributed by atoms with E-state index in [9.17, 15) is 9.59 Å². The molecular formula is C17H16N4O5. The maximum Gasteiger partial charge on any atom is 0.332 e. The fraction of sp³-hybridized carbons (Fsp3) is 0.235. The van der Waals surface area contributed by atoms with Gasteiger partial charge in [-0.25, -0.2) is 4.79 Å². The van der Waals surface area contributed by atoms with Crippen LogP contribution < -0.4 is 20.7 Å². The second kappa shape index (κ2) is 5.51. The van der Waals surface area contributed by atoms with Crippen LogP contribution in [-0.4, -0.2) is 32.7 Å². The molecule has 0 radical (unpaired) electrons. The number of hydrogen-bond donors (Lipinski definition) is 0. The van der Waals surface area contributed by atoms with E-state index < -0.39 is 11.2 Å². The lowest BCUT2D eigenvalue weighted by atomic mass is 10.1. The van der Waals surface area contributed by atoms with Crippen molar-refractivity contribution in [2.75, 3.05) is 14.2 Å². The zero-order chi connectivity index (χ0) is 18.6. The normalized spacial score (nSPS) is 11.4. The summed E-state index contributed by atoms with van der Waals surface area (Å²) in [5, 5.41) is 0. The van der Waals surface area contributed by atoms with Crippen molar-refractivity contribution in [1.29, 1.82) is 0 Å². The van der Waals surface area contributed by atoms with Gasteiger partial charge in [-0.2, -0.15) is 4.98 Å². The average Bonchev–Trinajstić information content (AvgIpc) is 3.22. The predicted octanol–water partition coefficient (Wildman–Crippen LogP) is 1.16. The Balaban J connectivity index is 1.98. The van der Waals surface area contributed by atoms with Crippen LogP contribution in [0.5, 0.6) is 11.5 Å². The highest BCUT2D eigenvalue weighted by atomic mass is 16.5. The molecule has 0 unspecified atom stereocenters. The van der Waals surface area contributed by atoms with Gasteiger partial charge in [0.25, 0.3) is 5.56 Å². The molecule has 1 aromatic carbocycles. The van der Waals surface area contributed by atoms with Crippen molar-refractivity contribution in [2.45, 2.75) is 0 Å². The molecule has 0 saturated carbocycles. The third-order valence-corrected chi connectivity index (χ3v) is 4.37. The Morgan fingerprint density at radius 1 is 1.04 bits per heavy atom. The maximum atomic E-state index is 12.5. The molecule has 9 nitrogen and oxygen atoms in total. The number of ether oxygens (including phenoxy) is 2. The lowest BCUT2D eigenvalue weighted by Gasteiger charge is -2.08. The van der Waals surface area contributed by atoms with Crippen molar-refractivity contribution in [3.8, 4) is 22.8 Å². The second-order valence-electron chi connectivity index (χ2n) is 5.81. The minimum absolute atomic E-state index is 0.225. The van der Waals surface area contributed by atoms with Gasteiger partial charge in [0, 0.05) is 19.7 Å². The number of aromatic nitrogens is 4. The van der Waals surface area contributed by atoms with Crippen LogP contribution in [0.4, 0.5) is 0 Å². The van der Waals surface area contributed by atoms with E-state index in [2.05, 4.69) is 4.98 Å². The van der Waals surface area contributed by atoms with E-state index in [4.69, 9.17) is 13.9 Å². The molecule has 0 bridgehead atoms. The van der Waals surface area contributed by atoms with E-state index in [1.165, 1.54) is 11.6 Å². The minimum atomic E-state index is -0.441. The number of oxazole rings is 1. The second-order valence-corrected chi connectivity index (χ2v) is 5.81. The molecule has 26 heavy (non-hydrogen) atoms. The van der Waals surface area contributed by atoms with Crippen LogP contribution in [0.2, 0.25) is 0 Å². The van der Waals surface area contributed by atoms with Gasteiger partial charge in [-0.1, -0.05) is 0 Å². The number of rotatable bonds is 3. The highest BCUT2D eigenvalue weighted by Crippen LogP contribution is 2.33. The van der Waals surface area contributed by atoms with Gasteiger partial charge in [0.1, 0.15) is 0 Å². The van der Waals surface area contributed by atoms with Crippen LogP contribution in [0.15, 0.2) is 38.4 Å². The van der Waals surface area contributed by atoms with E-state index in [0.717, 1.165) is 10.1 Å².